The molecule has 0 radical (unpaired) electrons. The average molecular weight is 308 g/mol. The number of amides is 1. The van der Waals surface area contributed by atoms with Crippen molar-refractivity contribution < 1.29 is 13.6 Å². The van der Waals surface area contributed by atoms with Gasteiger partial charge in [0.15, 0.2) is 0 Å². The van der Waals surface area contributed by atoms with Gasteiger partial charge in [0.05, 0.1) is 0 Å². The van der Waals surface area contributed by atoms with Crippen LogP contribution < -0.4 is 5.32 Å². The summed E-state index contributed by atoms with van der Waals surface area (Å²) >= 11 is 0. The van der Waals surface area contributed by atoms with E-state index >= 15 is 0 Å². The minimum atomic E-state index is -0.534. The molecular weight excluding hydrogens is 286 g/mol. The highest BCUT2D eigenvalue weighted by molar-refractivity contribution is 5.83. The molecule has 1 aromatic rings. The molecule has 1 heterocycles. The van der Waals surface area contributed by atoms with Gasteiger partial charge in [-0.25, -0.2) is 8.78 Å². The number of nitrogens with one attached hydrogen (secondary N) is 1. The fourth-order valence-electron chi connectivity index (χ4n) is 3.53. The molecule has 0 bridgehead atoms. The van der Waals surface area contributed by atoms with Crippen molar-refractivity contribution in [2.75, 3.05) is 26.7 Å². The molecule has 3 nitrogen and oxygen atoms in total. The van der Waals surface area contributed by atoms with E-state index in [0.717, 1.165) is 32.5 Å². The number of nitrogens with zero attached hydrogens (tertiary/aromatic N) is 1. The Morgan fingerprint density at radius 2 is 1.91 bits per heavy atom. The van der Waals surface area contributed by atoms with E-state index in [2.05, 4.69) is 5.32 Å². The lowest BCUT2D eigenvalue weighted by Gasteiger charge is -2.32. The quantitative estimate of drug-likeness (QED) is 0.927. The van der Waals surface area contributed by atoms with Crippen molar-refractivity contribution in [1.82, 2.24) is 10.2 Å². The third-order valence-corrected chi connectivity index (χ3v) is 4.90. The topological polar surface area (TPSA) is 32.3 Å². The monoisotopic (exact) mass is 308 g/mol. The first-order valence-corrected chi connectivity index (χ1v) is 7.99. The zero-order valence-corrected chi connectivity index (χ0v) is 12.8. The molecule has 1 saturated carbocycles. The van der Waals surface area contributed by atoms with Crippen LogP contribution >= 0.6 is 0 Å². The Labute approximate surface area is 129 Å². The highest BCUT2D eigenvalue weighted by Crippen LogP contribution is 2.50. The minimum absolute atomic E-state index is 0.0653. The second-order valence-corrected chi connectivity index (χ2v) is 6.41. The lowest BCUT2D eigenvalue weighted by Crippen LogP contribution is -2.41. The second kappa shape index (κ2) is 6.32. The van der Waals surface area contributed by atoms with Gasteiger partial charge < -0.3 is 10.2 Å². The maximum absolute atomic E-state index is 13.8. The highest BCUT2D eigenvalue weighted by Gasteiger charge is 2.48. The zero-order valence-electron chi connectivity index (χ0n) is 12.8. The third-order valence-electron chi connectivity index (χ3n) is 4.90. The van der Waals surface area contributed by atoms with E-state index < -0.39 is 11.6 Å². The molecule has 1 saturated heterocycles. The number of hydrogen-bond donors (Lipinski definition) is 1. The molecule has 1 aliphatic carbocycles. The van der Waals surface area contributed by atoms with Crippen LogP contribution in [0, 0.1) is 23.5 Å². The first kappa shape index (κ1) is 15.4. The zero-order chi connectivity index (χ0) is 15.7. The normalized spacial score (nSPS) is 25.3. The van der Waals surface area contributed by atoms with Gasteiger partial charge in [-0.05, 0) is 50.9 Å². The van der Waals surface area contributed by atoms with E-state index in [1.54, 1.807) is 0 Å². The van der Waals surface area contributed by atoms with Gasteiger partial charge in [-0.1, -0.05) is 6.07 Å². The van der Waals surface area contributed by atoms with E-state index in [1.165, 1.54) is 18.2 Å². The second-order valence-electron chi connectivity index (χ2n) is 6.41. The van der Waals surface area contributed by atoms with E-state index in [-0.39, 0.29) is 23.3 Å². The minimum Gasteiger partial charge on any atom is -0.342 e. The summed E-state index contributed by atoms with van der Waals surface area (Å²) in [6.45, 7) is 2.50. The molecule has 3 rings (SSSR count). The van der Waals surface area contributed by atoms with Crippen LogP contribution in [0.3, 0.4) is 0 Å². The van der Waals surface area contributed by atoms with E-state index in [4.69, 9.17) is 0 Å². The lowest BCUT2D eigenvalue weighted by molar-refractivity contribution is -0.134. The van der Waals surface area contributed by atoms with Crippen LogP contribution in [0.25, 0.3) is 0 Å². The summed E-state index contributed by atoms with van der Waals surface area (Å²) in [5, 5.41) is 3.17. The summed E-state index contributed by atoms with van der Waals surface area (Å²) in [7, 11) is 1.94. The SMILES string of the molecule is CNCC1CCN(C(=O)C2CC2c2c(F)cccc2F)CC1. The van der Waals surface area contributed by atoms with Crippen molar-refractivity contribution in [3.05, 3.63) is 35.4 Å². The predicted molar refractivity (Wildman–Crippen MR) is 80.4 cm³/mol. The van der Waals surface area contributed by atoms with Gasteiger partial charge in [0.2, 0.25) is 5.91 Å². The lowest BCUT2D eigenvalue weighted by atomic mass is 9.96. The molecule has 1 amide bonds. The Kier molecular flexibility index (Phi) is 4.43. The molecule has 5 heteroatoms. The molecule has 2 unspecified atom stereocenters. The third kappa shape index (κ3) is 3.00. The maximum atomic E-state index is 13.8. The summed E-state index contributed by atoms with van der Waals surface area (Å²) in [5.74, 6) is -0.916. The smallest absolute Gasteiger partial charge is 0.226 e. The molecule has 2 atom stereocenters. The Morgan fingerprint density at radius 3 is 2.50 bits per heavy atom. The fourth-order valence-corrected chi connectivity index (χ4v) is 3.53. The Hall–Kier alpha value is -1.49. The predicted octanol–water partition coefficient (Wildman–Crippen LogP) is 2.53. The first-order valence-electron chi connectivity index (χ1n) is 7.99. The Bertz CT molecular complexity index is 535. The van der Waals surface area contributed by atoms with Gasteiger partial charge in [0.1, 0.15) is 11.6 Å². The van der Waals surface area contributed by atoms with Crippen LogP contribution in [0.2, 0.25) is 0 Å². The van der Waals surface area contributed by atoms with Crippen LogP contribution in [0.5, 0.6) is 0 Å². The number of carbonyl (C=O) groups is 1. The number of hydrogen-bond acceptors (Lipinski definition) is 2. The molecule has 2 fully saturated rings. The number of piperidine rings is 1. The van der Waals surface area contributed by atoms with Crippen molar-refractivity contribution in [3.63, 3.8) is 0 Å². The van der Waals surface area contributed by atoms with Crippen molar-refractivity contribution in [2.24, 2.45) is 11.8 Å². The van der Waals surface area contributed by atoms with Crippen molar-refractivity contribution in [1.29, 1.82) is 0 Å². The molecule has 2 aliphatic rings. The average Bonchev–Trinajstić information content (AvgIpc) is 3.28. The molecule has 22 heavy (non-hydrogen) atoms. The number of carbonyl (C=O) groups excluding carboxylic acids is 1. The summed E-state index contributed by atoms with van der Waals surface area (Å²) in [5.41, 5.74) is 0.0888. The molecule has 1 aliphatic heterocycles. The van der Waals surface area contributed by atoms with Gasteiger partial charge >= 0.3 is 0 Å². The van der Waals surface area contributed by atoms with Crippen molar-refractivity contribution >= 4 is 5.91 Å². The van der Waals surface area contributed by atoms with Gasteiger partial charge in [-0.2, -0.15) is 0 Å². The van der Waals surface area contributed by atoms with Crippen molar-refractivity contribution in [3.8, 4) is 0 Å². The Balaban J connectivity index is 1.60. The fraction of sp³-hybridized carbons (Fsp3) is 0.588. The van der Waals surface area contributed by atoms with Gasteiger partial charge in [0, 0.05) is 30.5 Å². The first-order chi connectivity index (χ1) is 10.6. The molecular formula is C17H22F2N2O. The van der Waals surface area contributed by atoms with Gasteiger partial charge in [-0.15, -0.1) is 0 Å². The van der Waals surface area contributed by atoms with Crippen LogP contribution in [-0.2, 0) is 4.79 Å². The number of halogens is 2. The summed E-state index contributed by atoms with van der Waals surface area (Å²) in [6, 6.07) is 3.89. The summed E-state index contributed by atoms with van der Waals surface area (Å²) in [4.78, 5) is 14.4. The van der Waals surface area contributed by atoms with E-state index in [1.807, 2.05) is 11.9 Å². The van der Waals surface area contributed by atoms with Crippen LogP contribution in [-0.4, -0.2) is 37.5 Å². The Morgan fingerprint density at radius 1 is 1.27 bits per heavy atom. The highest BCUT2D eigenvalue weighted by atomic mass is 19.1. The number of benzene rings is 1. The summed E-state index contributed by atoms with van der Waals surface area (Å²) < 4.78 is 27.6. The number of rotatable bonds is 4. The van der Waals surface area contributed by atoms with E-state index in [9.17, 15) is 13.6 Å². The van der Waals surface area contributed by atoms with Gasteiger partial charge in [-0.3, -0.25) is 4.79 Å². The van der Waals surface area contributed by atoms with Crippen molar-refractivity contribution in [2.45, 2.75) is 25.2 Å². The van der Waals surface area contributed by atoms with Gasteiger partial charge in [0.25, 0.3) is 0 Å². The molecule has 1 N–H and O–H groups in total. The molecule has 1 aromatic carbocycles. The van der Waals surface area contributed by atoms with E-state index in [0.29, 0.717) is 12.3 Å². The molecule has 0 spiro atoms. The maximum Gasteiger partial charge on any atom is 0.226 e. The largest absolute Gasteiger partial charge is 0.342 e. The standard InChI is InChI=1S/C17H22F2N2O/c1-20-10-11-5-7-21(8-6-11)17(22)13-9-12(13)16-14(18)3-2-4-15(16)19/h2-4,11-13,20H,5-10H2,1H3. The van der Waals surface area contributed by atoms with Crippen LogP contribution in [0.1, 0.15) is 30.7 Å². The molecule has 0 aromatic heterocycles. The van der Waals surface area contributed by atoms with Crippen LogP contribution in [0.15, 0.2) is 18.2 Å². The van der Waals surface area contributed by atoms with Crippen LogP contribution in [0.4, 0.5) is 8.78 Å². The summed E-state index contributed by atoms with van der Waals surface area (Å²) in [6.07, 6.45) is 2.56. The molecule has 120 valence electrons. The number of likely N-dealkylation sites (tertiary alicyclic amines) is 1.